The van der Waals surface area contributed by atoms with Gasteiger partial charge in [-0.05, 0) is 36.1 Å². The molecule has 2 aromatic rings. The summed E-state index contributed by atoms with van der Waals surface area (Å²) >= 11 is 0. The summed E-state index contributed by atoms with van der Waals surface area (Å²) in [4.78, 5) is 6.28. The van der Waals surface area contributed by atoms with Gasteiger partial charge in [-0.1, -0.05) is 24.3 Å². The van der Waals surface area contributed by atoms with E-state index in [0.29, 0.717) is 12.1 Å². The largest absolute Gasteiger partial charge is 0.387 e. The summed E-state index contributed by atoms with van der Waals surface area (Å²) in [5, 5.41) is 10.1. The molecule has 4 heteroatoms. The van der Waals surface area contributed by atoms with E-state index in [1.54, 1.807) is 6.07 Å². The van der Waals surface area contributed by atoms with E-state index in [-0.39, 0.29) is 5.82 Å². The number of aliphatic hydroxyl groups excluding tert-OH is 1. The van der Waals surface area contributed by atoms with Gasteiger partial charge in [0.2, 0.25) is 0 Å². The van der Waals surface area contributed by atoms with Crippen LogP contribution in [0.3, 0.4) is 0 Å². The molecule has 1 N–H and O–H groups in total. The molecule has 0 fully saturated rings. The first kappa shape index (κ1) is 14.2. The van der Waals surface area contributed by atoms with Crippen LogP contribution in [0.2, 0.25) is 0 Å². The van der Waals surface area contributed by atoms with Gasteiger partial charge in [0.05, 0.1) is 18.0 Å². The fraction of sp³-hybridized carbons (Fsp3) is 0.353. The fourth-order valence-electron chi connectivity index (χ4n) is 2.78. The Kier molecular flexibility index (Phi) is 4.27. The summed E-state index contributed by atoms with van der Waals surface area (Å²) in [6.45, 7) is 2.76. The lowest BCUT2D eigenvalue weighted by atomic mass is 9.99. The maximum Gasteiger partial charge on any atom is 0.141 e. The van der Waals surface area contributed by atoms with Crippen LogP contribution in [0, 0.1) is 5.82 Å². The van der Waals surface area contributed by atoms with E-state index in [1.165, 1.54) is 17.2 Å². The van der Waals surface area contributed by atoms with Crippen molar-refractivity contribution >= 4 is 0 Å². The number of hydrogen-bond acceptors (Lipinski definition) is 3. The van der Waals surface area contributed by atoms with Gasteiger partial charge in [-0.2, -0.15) is 0 Å². The Morgan fingerprint density at radius 2 is 2.00 bits per heavy atom. The third kappa shape index (κ3) is 3.46. The Morgan fingerprint density at radius 3 is 2.76 bits per heavy atom. The molecular formula is C17H19FN2O. The average Bonchev–Trinajstić information content (AvgIpc) is 2.53. The molecule has 1 aromatic carbocycles. The van der Waals surface area contributed by atoms with Crippen molar-refractivity contribution < 1.29 is 9.50 Å². The van der Waals surface area contributed by atoms with Crippen molar-refractivity contribution in [1.29, 1.82) is 0 Å². The molecule has 3 nitrogen and oxygen atoms in total. The lowest BCUT2D eigenvalue weighted by Crippen LogP contribution is -2.32. The van der Waals surface area contributed by atoms with Crippen LogP contribution < -0.4 is 0 Å². The predicted octanol–water partition coefficient (Wildman–Crippen LogP) is 2.70. The first-order valence-electron chi connectivity index (χ1n) is 7.31. The van der Waals surface area contributed by atoms with Gasteiger partial charge in [-0.25, -0.2) is 4.39 Å². The van der Waals surface area contributed by atoms with Crippen molar-refractivity contribution in [3.63, 3.8) is 0 Å². The second-order valence-corrected chi connectivity index (χ2v) is 5.50. The number of rotatable bonds is 4. The van der Waals surface area contributed by atoms with Gasteiger partial charge in [0.25, 0.3) is 0 Å². The highest BCUT2D eigenvalue weighted by molar-refractivity contribution is 5.29. The van der Waals surface area contributed by atoms with Gasteiger partial charge in [-0.3, -0.25) is 9.88 Å². The number of hydrogen-bond donors (Lipinski definition) is 1. The monoisotopic (exact) mass is 286 g/mol. The molecule has 1 aliphatic heterocycles. The summed E-state index contributed by atoms with van der Waals surface area (Å²) in [5.74, 6) is -0.376. The van der Waals surface area contributed by atoms with E-state index in [9.17, 15) is 9.50 Å². The van der Waals surface area contributed by atoms with Crippen LogP contribution in [-0.2, 0) is 13.0 Å². The lowest BCUT2D eigenvalue weighted by molar-refractivity contribution is 0.134. The van der Waals surface area contributed by atoms with Gasteiger partial charge in [0, 0.05) is 19.6 Å². The first-order chi connectivity index (χ1) is 10.2. The quantitative estimate of drug-likeness (QED) is 0.939. The van der Waals surface area contributed by atoms with Crippen LogP contribution in [-0.4, -0.2) is 28.1 Å². The van der Waals surface area contributed by atoms with Crippen molar-refractivity contribution in [3.8, 4) is 0 Å². The van der Waals surface area contributed by atoms with Crippen molar-refractivity contribution in [2.24, 2.45) is 0 Å². The number of aromatic nitrogens is 1. The van der Waals surface area contributed by atoms with Gasteiger partial charge in [0.15, 0.2) is 0 Å². The highest BCUT2D eigenvalue weighted by Crippen LogP contribution is 2.20. The summed E-state index contributed by atoms with van der Waals surface area (Å²) in [6.07, 6.45) is 2.18. The topological polar surface area (TPSA) is 36.4 Å². The van der Waals surface area contributed by atoms with E-state index >= 15 is 0 Å². The average molecular weight is 286 g/mol. The molecule has 3 rings (SSSR count). The Hall–Kier alpha value is -1.78. The van der Waals surface area contributed by atoms with Crippen LogP contribution in [0.15, 0.2) is 42.6 Å². The maximum atomic E-state index is 12.8. The lowest BCUT2D eigenvalue weighted by Gasteiger charge is -2.29. The van der Waals surface area contributed by atoms with Gasteiger partial charge < -0.3 is 5.11 Å². The molecule has 110 valence electrons. The molecule has 0 amide bonds. The van der Waals surface area contributed by atoms with Crippen molar-refractivity contribution in [2.75, 3.05) is 13.1 Å². The van der Waals surface area contributed by atoms with Crippen molar-refractivity contribution in [2.45, 2.75) is 25.5 Å². The zero-order chi connectivity index (χ0) is 14.7. The second kappa shape index (κ2) is 6.33. The van der Waals surface area contributed by atoms with Crippen molar-refractivity contribution in [1.82, 2.24) is 9.88 Å². The molecule has 1 aromatic heterocycles. The molecule has 0 radical (unpaired) electrons. The predicted molar refractivity (Wildman–Crippen MR) is 79.2 cm³/mol. The number of aliphatic hydroxyl groups is 1. The summed E-state index contributed by atoms with van der Waals surface area (Å²) in [7, 11) is 0. The molecule has 0 spiro atoms. The van der Waals surface area contributed by atoms with Crippen LogP contribution in [0.1, 0.15) is 29.3 Å². The minimum Gasteiger partial charge on any atom is -0.387 e. The SMILES string of the molecule is OC(CCN1CCc2ccccc2C1)c1ccc(F)cn1. The number of fused-ring (bicyclic) bond motifs is 1. The van der Waals surface area contributed by atoms with Crippen LogP contribution in [0.5, 0.6) is 0 Å². The number of halogens is 1. The zero-order valence-corrected chi connectivity index (χ0v) is 11.9. The fourth-order valence-corrected chi connectivity index (χ4v) is 2.78. The summed E-state index contributed by atoms with van der Waals surface area (Å²) in [6, 6.07) is 11.4. The molecule has 1 aliphatic rings. The minimum atomic E-state index is -0.636. The molecule has 0 saturated carbocycles. The van der Waals surface area contributed by atoms with Gasteiger partial charge in [0.1, 0.15) is 5.82 Å². The second-order valence-electron chi connectivity index (χ2n) is 5.50. The van der Waals surface area contributed by atoms with Gasteiger partial charge in [-0.15, -0.1) is 0 Å². The van der Waals surface area contributed by atoms with Crippen LogP contribution in [0.25, 0.3) is 0 Å². The number of nitrogens with zero attached hydrogens (tertiary/aromatic N) is 2. The zero-order valence-electron chi connectivity index (χ0n) is 11.9. The number of benzene rings is 1. The third-order valence-electron chi connectivity index (χ3n) is 4.02. The standard InChI is InChI=1S/C17H19FN2O/c18-15-5-6-16(19-11-15)17(21)8-10-20-9-7-13-3-1-2-4-14(13)12-20/h1-6,11,17,21H,7-10,12H2. The molecule has 1 unspecified atom stereocenters. The molecule has 0 saturated heterocycles. The van der Waals surface area contributed by atoms with E-state index in [0.717, 1.165) is 32.3 Å². The first-order valence-corrected chi connectivity index (χ1v) is 7.31. The minimum absolute atomic E-state index is 0.376. The third-order valence-corrected chi connectivity index (χ3v) is 4.02. The van der Waals surface area contributed by atoms with E-state index in [4.69, 9.17) is 0 Å². The Bertz CT molecular complexity index is 600. The molecular weight excluding hydrogens is 267 g/mol. The van der Waals surface area contributed by atoms with Crippen LogP contribution in [0.4, 0.5) is 4.39 Å². The maximum absolute atomic E-state index is 12.8. The Balaban J connectivity index is 1.55. The highest BCUT2D eigenvalue weighted by Gasteiger charge is 2.17. The number of pyridine rings is 1. The summed E-state index contributed by atoms with van der Waals surface area (Å²) in [5.41, 5.74) is 3.33. The molecule has 21 heavy (non-hydrogen) atoms. The Labute approximate surface area is 124 Å². The van der Waals surface area contributed by atoms with E-state index < -0.39 is 6.10 Å². The normalized spacial score (nSPS) is 16.5. The smallest absolute Gasteiger partial charge is 0.141 e. The summed E-state index contributed by atoms with van der Waals surface area (Å²) < 4.78 is 12.8. The van der Waals surface area contributed by atoms with E-state index in [2.05, 4.69) is 34.1 Å². The van der Waals surface area contributed by atoms with Gasteiger partial charge >= 0.3 is 0 Å². The molecule has 1 atom stereocenters. The van der Waals surface area contributed by atoms with E-state index in [1.807, 2.05) is 0 Å². The highest BCUT2D eigenvalue weighted by atomic mass is 19.1. The molecule has 0 aliphatic carbocycles. The van der Waals surface area contributed by atoms with Crippen molar-refractivity contribution in [3.05, 3.63) is 65.2 Å². The molecule has 0 bridgehead atoms. The molecule has 2 heterocycles. The Morgan fingerprint density at radius 1 is 1.19 bits per heavy atom. The van der Waals surface area contributed by atoms with Crippen LogP contribution >= 0.6 is 0 Å².